The number of ether oxygens (including phenoxy) is 1. The lowest BCUT2D eigenvalue weighted by Gasteiger charge is -2.34. The van der Waals surface area contributed by atoms with Crippen LogP contribution in [0.15, 0.2) is 41.8 Å². The fourth-order valence-electron chi connectivity index (χ4n) is 3.50. The number of unbranched alkanes of at least 4 members (excludes halogenated alkanes) is 1. The molecular weight excluding hydrogens is 405 g/mol. The minimum Gasteiger partial charge on any atom is -0.360 e. The van der Waals surface area contributed by atoms with E-state index in [1.165, 1.54) is 11.4 Å². The molecule has 29 heavy (non-hydrogen) atoms. The van der Waals surface area contributed by atoms with Crippen LogP contribution in [0.3, 0.4) is 0 Å². The first kappa shape index (κ1) is 23.9. The predicted octanol–water partition coefficient (Wildman–Crippen LogP) is 4.29. The van der Waals surface area contributed by atoms with Gasteiger partial charge in [0, 0.05) is 13.1 Å². The van der Waals surface area contributed by atoms with Crippen LogP contribution in [0, 0.1) is 0 Å². The topological polar surface area (TPSA) is 72.6 Å². The number of rotatable bonds is 9. The van der Waals surface area contributed by atoms with Gasteiger partial charge in [0.1, 0.15) is 6.23 Å². The van der Waals surface area contributed by atoms with E-state index < -0.39 is 21.8 Å². The summed E-state index contributed by atoms with van der Waals surface area (Å²) < 4.78 is 70.8. The van der Waals surface area contributed by atoms with E-state index in [9.17, 15) is 21.6 Å². The van der Waals surface area contributed by atoms with Gasteiger partial charge >= 0.3 is 6.18 Å². The Bertz CT molecular complexity index is 758. The number of hydrogen-bond donors (Lipinski definition) is 1. The number of benzene rings is 1. The number of hydrogen-bond acceptors (Lipinski definition) is 4. The molecule has 1 aliphatic carbocycles. The third-order valence-corrected chi connectivity index (χ3v) is 7.21. The zero-order valence-corrected chi connectivity index (χ0v) is 17.4. The average molecular weight is 435 g/mol. The number of halogens is 3. The number of allylic oxidation sites excluding steroid dienone is 1. The first-order valence-electron chi connectivity index (χ1n) is 9.73. The molecule has 1 saturated carbocycles. The van der Waals surface area contributed by atoms with Crippen molar-refractivity contribution in [3.8, 4) is 0 Å². The van der Waals surface area contributed by atoms with Gasteiger partial charge in [-0.1, -0.05) is 6.08 Å². The largest absolute Gasteiger partial charge is 0.416 e. The summed E-state index contributed by atoms with van der Waals surface area (Å²) in [5, 5.41) is 0. The first-order valence-corrected chi connectivity index (χ1v) is 11.2. The molecule has 2 N–H and O–H groups in total. The Morgan fingerprint density at radius 1 is 1.24 bits per heavy atom. The van der Waals surface area contributed by atoms with E-state index in [2.05, 4.69) is 6.58 Å². The van der Waals surface area contributed by atoms with Crippen molar-refractivity contribution in [2.75, 3.05) is 7.05 Å². The summed E-state index contributed by atoms with van der Waals surface area (Å²) in [5.74, 6) is 0. The fraction of sp³-hybridized carbons (Fsp3) is 0.600. The van der Waals surface area contributed by atoms with Crippen LogP contribution in [0.25, 0.3) is 0 Å². The SMILES string of the molecule is C=CCCCC(N)OC1CCC(N(C)S(=O)(=O)c2ccc(C(F)(F)F)cc2)CC1. The van der Waals surface area contributed by atoms with Crippen LogP contribution < -0.4 is 5.73 Å². The van der Waals surface area contributed by atoms with E-state index in [4.69, 9.17) is 10.5 Å². The molecule has 0 heterocycles. The summed E-state index contributed by atoms with van der Waals surface area (Å²) in [5.41, 5.74) is 5.11. The molecule has 1 unspecified atom stereocenters. The van der Waals surface area contributed by atoms with Crippen LogP contribution >= 0.6 is 0 Å². The van der Waals surface area contributed by atoms with Crippen molar-refractivity contribution in [2.45, 2.75) is 74.4 Å². The number of sulfonamides is 1. The molecule has 0 bridgehead atoms. The summed E-state index contributed by atoms with van der Waals surface area (Å²) in [6.45, 7) is 3.67. The van der Waals surface area contributed by atoms with Crippen molar-refractivity contribution in [2.24, 2.45) is 5.73 Å². The van der Waals surface area contributed by atoms with E-state index >= 15 is 0 Å². The molecule has 1 atom stereocenters. The Kier molecular flexibility index (Phi) is 8.28. The Hall–Kier alpha value is -1.42. The van der Waals surface area contributed by atoms with Crippen LogP contribution in [0.2, 0.25) is 0 Å². The van der Waals surface area contributed by atoms with Crippen molar-refractivity contribution in [1.29, 1.82) is 0 Å². The van der Waals surface area contributed by atoms with E-state index in [0.29, 0.717) is 25.7 Å². The molecule has 5 nitrogen and oxygen atoms in total. The smallest absolute Gasteiger partial charge is 0.360 e. The molecule has 1 aromatic rings. The van der Waals surface area contributed by atoms with Gasteiger partial charge in [-0.25, -0.2) is 8.42 Å². The average Bonchev–Trinajstić information content (AvgIpc) is 2.67. The van der Waals surface area contributed by atoms with Gasteiger partial charge in [0.2, 0.25) is 10.0 Å². The van der Waals surface area contributed by atoms with E-state index in [0.717, 1.165) is 43.5 Å². The van der Waals surface area contributed by atoms with Crippen molar-refractivity contribution in [1.82, 2.24) is 4.31 Å². The van der Waals surface area contributed by atoms with Gasteiger partial charge < -0.3 is 10.5 Å². The van der Waals surface area contributed by atoms with Crippen molar-refractivity contribution >= 4 is 10.0 Å². The van der Waals surface area contributed by atoms with E-state index in [-0.39, 0.29) is 23.3 Å². The maximum Gasteiger partial charge on any atom is 0.416 e. The monoisotopic (exact) mass is 434 g/mol. The third kappa shape index (κ3) is 6.53. The molecule has 1 aliphatic rings. The number of nitrogens with two attached hydrogens (primary N) is 1. The van der Waals surface area contributed by atoms with Crippen LogP contribution in [0.1, 0.15) is 50.5 Å². The maximum absolute atomic E-state index is 12.8. The second-order valence-electron chi connectivity index (χ2n) is 7.37. The highest BCUT2D eigenvalue weighted by molar-refractivity contribution is 7.89. The summed E-state index contributed by atoms with van der Waals surface area (Å²) in [6, 6.07) is 3.37. The van der Waals surface area contributed by atoms with Crippen molar-refractivity contribution < 1.29 is 26.3 Å². The zero-order valence-electron chi connectivity index (χ0n) is 16.6. The minimum atomic E-state index is -4.50. The van der Waals surface area contributed by atoms with Gasteiger partial charge in [0.25, 0.3) is 0 Å². The quantitative estimate of drug-likeness (QED) is 0.357. The molecule has 1 fully saturated rings. The molecule has 0 radical (unpaired) electrons. The standard InChI is InChI=1S/C20H29F3N2O3S/c1-3-4-5-6-19(24)28-17-11-9-16(10-12-17)25(2)29(26,27)18-13-7-15(8-14-18)20(21,22)23/h3,7-8,13-14,16-17,19H,1,4-6,9-12,24H2,2H3. The van der Waals surface area contributed by atoms with E-state index in [1.807, 2.05) is 6.08 Å². The van der Waals surface area contributed by atoms with Crippen molar-refractivity contribution in [3.63, 3.8) is 0 Å². The van der Waals surface area contributed by atoms with Gasteiger partial charge in [0.05, 0.1) is 16.6 Å². The molecular formula is C20H29F3N2O3S. The molecule has 0 amide bonds. The summed E-state index contributed by atoms with van der Waals surface area (Å²) >= 11 is 0. The maximum atomic E-state index is 12.8. The molecule has 0 spiro atoms. The third-order valence-electron chi connectivity index (χ3n) is 5.28. The second kappa shape index (κ2) is 10.1. The number of nitrogens with zero attached hydrogens (tertiary/aromatic N) is 1. The second-order valence-corrected chi connectivity index (χ2v) is 9.37. The lowest BCUT2D eigenvalue weighted by molar-refractivity contribution is -0.137. The van der Waals surface area contributed by atoms with Gasteiger partial charge in [0.15, 0.2) is 0 Å². The Balaban J connectivity index is 1.92. The molecule has 2 rings (SSSR count). The summed E-state index contributed by atoms with van der Waals surface area (Å²) in [7, 11) is -2.39. The summed E-state index contributed by atoms with van der Waals surface area (Å²) in [6.07, 6.45) is 2.13. The lowest BCUT2D eigenvalue weighted by Crippen LogP contribution is -2.41. The Morgan fingerprint density at radius 3 is 2.34 bits per heavy atom. The minimum absolute atomic E-state index is 0.00726. The van der Waals surface area contributed by atoms with Gasteiger partial charge in [-0.2, -0.15) is 17.5 Å². The number of alkyl halides is 3. The molecule has 9 heteroatoms. The molecule has 0 saturated heterocycles. The van der Waals surface area contributed by atoms with Gasteiger partial charge in [-0.3, -0.25) is 0 Å². The molecule has 0 aliphatic heterocycles. The van der Waals surface area contributed by atoms with Gasteiger partial charge in [-0.15, -0.1) is 6.58 Å². The highest BCUT2D eigenvalue weighted by Gasteiger charge is 2.34. The fourth-order valence-corrected chi connectivity index (χ4v) is 4.92. The van der Waals surface area contributed by atoms with Gasteiger partial charge in [-0.05, 0) is 69.2 Å². The molecule has 164 valence electrons. The van der Waals surface area contributed by atoms with Crippen LogP contribution in [0.5, 0.6) is 0 Å². The summed E-state index contributed by atoms with van der Waals surface area (Å²) in [4.78, 5) is -0.143. The van der Waals surface area contributed by atoms with Crippen LogP contribution in [0.4, 0.5) is 13.2 Å². The zero-order chi connectivity index (χ0) is 21.7. The first-order chi connectivity index (χ1) is 13.6. The molecule has 0 aromatic heterocycles. The van der Waals surface area contributed by atoms with Crippen LogP contribution in [-0.2, 0) is 20.9 Å². The Labute approximate surface area is 170 Å². The lowest BCUT2D eigenvalue weighted by atomic mass is 9.93. The normalized spacial score (nSPS) is 21.9. The highest BCUT2D eigenvalue weighted by Crippen LogP contribution is 2.32. The molecule has 1 aromatic carbocycles. The highest BCUT2D eigenvalue weighted by atomic mass is 32.2. The Morgan fingerprint density at radius 2 is 1.83 bits per heavy atom. The van der Waals surface area contributed by atoms with Crippen LogP contribution in [-0.4, -0.2) is 38.1 Å². The van der Waals surface area contributed by atoms with E-state index in [1.54, 1.807) is 0 Å². The van der Waals surface area contributed by atoms with Crippen molar-refractivity contribution in [3.05, 3.63) is 42.5 Å². The predicted molar refractivity (Wildman–Crippen MR) is 106 cm³/mol.